The number of alkyl halides is 3. The van der Waals surface area contributed by atoms with Crippen molar-refractivity contribution in [2.75, 3.05) is 25.7 Å². The molecule has 0 atom stereocenters. The van der Waals surface area contributed by atoms with Crippen molar-refractivity contribution >= 4 is 18.1 Å². The van der Waals surface area contributed by atoms with E-state index >= 15 is 0 Å². The molecule has 2 aromatic rings. The summed E-state index contributed by atoms with van der Waals surface area (Å²) in [4.78, 5) is 7.99. The molecule has 8 nitrogen and oxygen atoms in total. The number of benzene rings is 1. The Hall–Kier alpha value is -3.86. The first kappa shape index (κ1) is 23.3. The van der Waals surface area contributed by atoms with Gasteiger partial charge in [0.15, 0.2) is 23.2 Å². The highest BCUT2D eigenvalue weighted by atomic mass is 19.4. The minimum atomic E-state index is -4.68. The molecule has 4 rings (SSSR count). The Morgan fingerprint density at radius 2 is 2.06 bits per heavy atom. The normalized spacial score (nSPS) is 17.7. The van der Waals surface area contributed by atoms with Crippen LogP contribution in [0.1, 0.15) is 18.7 Å². The first-order chi connectivity index (χ1) is 16.3. The van der Waals surface area contributed by atoms with Crippen LogP contribution in [0, 0.1) is 5.41 Å². The molecule has 0 unspecified atom stereocenters. The van der Waals surface area contributed by atoms with E-state index in [9.17, 15) is 13.2 Å². The minimum Gasteiger partial charge on any atom is -0.493 e. The molecule has 1 aromatic heterocycles. The summed E-state index contributed by atoms with van der Waals surface area (Å²) in [6, 6.07) is 5.43. The van der Waals surface area contributed by atoms with Gasteiger partial charge < -0.3 is 15.2 Å². The number of ether oxygens (including phenoxy) is 2. The van der Waals surface area contributed by atoms with Gasteiger partial charge in [0.05, 0.1) is 36.9 Å². The SMILES string of the molecule is COc1cc(-c2cnc3n2N/C(=C2\C=C(C(F)(F)F)C(=N)N=CC2)C=C3)ccc1OCCCN. The number of hydrogen-bond donors (Lipinski definition) is 3. The average Bonchev–Trinajstić information content (AvgIpc) is 3.13. The van der Waals surface area contributed by atoms with Crippen molar-refractivity contribution in [3.05, 3.63) is 59.2 Å². The van der Waals surface area contributed by atoms with E-state index in [0.29, 0.717) is 53.9 Å². The number of halogens is 3. The van der Waals surface area contributed by atoms with Crippen molar-refractivity contribution in [2.24, 2.45) is 10.7 Å². The second-order valence-corrected chi connectivity index (χ2v) is 7.50. The van der Waals surface area contributed by atoms with Crippen LogP contribution in [0.2, 0.25) is 0 Å². The molecular weight excluding hydrogens is 449 g/mol. The number of fused-ring (bicyclic) bond motifs is 1. The zero-order valence-corrected chi connectivity index (χ0v) is 18.3. The largest absolute Gasteiger partial charge is 0.493 e. The van der Waals surface area contributed by atoms with Crippen LogP contribution in [-0.4, -0.2) is 48.1 Å². The quantitative estimate of drug-likeness (QED) is 0.550. The summed E-state index contributed by atoms with van der Waals surface area (Å²) in [6.45, 7) is 0.984. The Labute approximate surface area is 193 Å². The van der Waals surface area contributed by atoms with Crippen molar-refractivity contribution in [1.82, 2.24) is 9.66 Å². The number of nitrogens with two attached hydrogens (primary N) is 1. The Kier molecular flexibility index (Phi) is 6.55. The first-order valence-electron chi connectivity index (χ1n) is 10.5. The predicted octanol–water partition coefficient (Wildman–Crippen LogP) is 4.05. The average molecular weight is 472 g/mol. The fraction of sp³-hybridized carbons (Fsp3) is 0.261. The van der Waals surface area contributed by atoms with Gasteiger partial charge in [-0.15, -0.1) is 0 Å². The Morgan fingerprint density at radius 1 is 1.24 bits per heavy atom. The standard InChI is InChI=1S/C23H23F3N6O2/c1-33-20-12-15(3-5-19(20)34-10-2-8-27)18-13-30-21-6-4-17(31-32(18)21)14-7-9-29-22(28)16(11-14)23(24,25)26/h3-6,9,11-13,28,31H,2,7-8,10,27H2,1H3/b17-14-,28-22?. The molecule has 4 N–H and O–H groups in total. The summed E-state index contributed by atoms with van der Waals surface area (Å²) in [5, 5.41) is 7.60. The van der Waals surface area contributed by atoms with Crippen LogP contribution in [0.3, 0.4) is 0 Å². The maximum Gasteiger partial charge on any atom is 0.420 e. The number of imidazole rings is 1. The maximum absolute atomic E-state index is 13.4. The van der Waals surface area contributed by atoms with E-state index in [4.69, 9.17) is 20.6 Å². The number of allylic oxidation sites excluding steroid dienone is 3. The van der Waals surface area contributed by atoms with Crippen molar-refractivity contribution in [3.8, 4) is 22.8 Å². The highest BCUT2D eigenvalue weighted by Gasteiger charge is 2.37. The van der Waals surface area contributed by atoms with Crippen molar-refractivity contribution in [2.45, 2.75) is 19.0 Å². The number of aromatic nitrogens is 2. The molecule has 11 heteroatoms. The van der Waals surface area contributed by atoms with E-state index in [-0.39, 0.29) is 6.42 Å². The lowest BCUT2D eigenvalue weighted by atomic mass is 10.1. The summed E-state index contributed by atoms with van der Waals surface area (Å²) >= 11 is 0. The minimum absolute atomic E-state index is 0.136. The summed E-state index contributed by atoms with van der Waals surface area (Å²) in [5.74, 6) is 0.884. The van der Waals surface area contributed by atoms with Crippen LogP contribution in [0.4, 0.5) is 13.2 Å². The smallest absolute Gasteiger partial charge is 0.420 e. The van der Waals surface area contributed by atoms with Crippen molar-refractivity contribution in [3.63, 3.8) is 0 Å². The van der Waals surface area contributed by atoms with E-state index in [1.54, 1.807) is 42.3 Å². The molecule has 2 aliphatic heterocycles. The number of aliphatic imine (C=N–C) groups is 1. The summed E-state index contributed by atoms with van der Waals surface area (Å²) < 4.78 is 53.1. The molecule has 0 spiro atoms. The van der Waals surface area contributed by atoms with Gasteiger partial charge in [0.2, 0.25) is 0 Å². The fourth-order valence-corrected chi connectivity index (χ4v) is 3.52. The van der Waals surface area contributed by atoms with Crippen LogP contribution >= 0.6 is 0 Å². The van der Waals surface area contributed by atoms with Crippen LogP contribution in [0.25, 0.3) is 17.3 Å². The van der Waals surface area contributed by atoms with Gasteiger partial charge in [0.1, 0.15) is 0 Å². The third-order valence-electron chi connectivity index (χ3n) is 5.24. The third-order valence-corrected chi connectivity index (χ3v) is 5.24. The van der Waals surface area contributed by atoms with Crippen LogP contribution in [0.5, 0.6) is 11.5 Å². The molecule has 178 valence electrons. The van der Waals surface area contributed by atoms with Crippen LogP contribution in [-0.2, 0) is 0 Å². The molecule has 1 aromatic carbocycles. The van der Waals surface area contributed by atoms with Gasteiger partial charge >= 0.3 is 6.18 Å². The fourth-order valence-electron chi connectivity index (χ4n) is 3.52. The molecule has 3 heterocycles. The second-order valence-electron chi connectivity index (χ2n) is 7.50. The molecule has 0 bridgehead atoms. The van der Waals surface area contributed by atoms with Crippen molar-refractivity contribution < 1.29 is 22.6 Å². The van der Waals surface area contributed by atoms with Gasteiger partial charge in [-0.05, 0) is 55.0 Å². The lowest BCUT2D eigenvalue weighted by Gasteiger charge is -2.20. The highest BCUT2D eigenvalue weighted by molar-refractivity contribution is 6.03. The molecule has 0 fully saturated rings. The molecule has 0 saturated heterocycles. The molecular formula is C23H23F3N6O2. The summed E-state index contributed by atoms with van der Waals surface area (Å²) in [6.07, 6.45) is 3.44. The van der Waals surface area contributed by atoms with Gasteiger partial charge in [-0.3, -0.25) is 10.8 Å². The number of methoxy groups -OCH3 is 1. The lowest BCUT2D eigenvalue weighted by Crippen LogP contribution is -2.21. The lowest BCUT2D eigenvalue weighted by molar-refractivity contribution is -0.0862. The zero-order chi connectivity index (χ0) is 24.3. The van der Waals surface area contributed by atoms with E-state index in [0.717, 1.165) is 11.6 Å². The predicted molar refractivity (Wildman–Crippen MR) is 124 cm³/mol. The Bertz CT molecular complexity index is 1220. The van der Waals surface area contributed by atoms with E-state index in [2.05, 4.69) is 15.4 Å². The number of hydrogen-bond acceptors (Lipinski definition) is 6. The summed E-state index contributed by atoms with van der Waals surface area (Å²) in [5.41, 5.74) is 9.80. The van der Waals surface area contributed by atoms with Gasteiger partial charge in [0.25, 0.3) is 0 Å². The van der Waals surface area contributed by atoms with Crippen LogP contribution in [0.15, 0.2) is 58.4 Å². The van der Waals surface area contributed by atoms with Gasteiger partial charge in [-0.25, -0.2) is 14.7 Å². The Balaban J connectivity index is 1.68. The number of amidine groups is 1. The second kappa shape index (κ2) is 9.56. The van der Waals surface area contributed by atoms with E-state index in [1.807, 2.05) is 6.07 Å². The number of rotatable bonds is 6. The monoisotopic (exact) mass is 472 g/mol. The van der Waals surface area contributed by atoms with Crippen LogP contribution < -0.4 is 20.6 Å². The van der Waals surface area contributed by atoms with Gasteiger partial charge in [-0.1, -0.05) is 0 Å². The maximum atomic E-state index is 13.4. The first-order valence-corrected chi connectivity index (χ1v) is 10.5. The Morgan fingerprint density at radius 3 is 2.79 bits per heavy atom. The molecule has 2 aliphatic rings. The third kappa shape index (κ3) is 4.74. The molecule has 0 amide bonds. The molecule has 0 aliphatic carbocycles. The molecule has 34 heavy (non-hydrogen) atoms. The highest BCUT2D eigenvalue weighted by Crippen LogP contribution is 2.34. The topological polar surface area (TPSA) is 111 Å². The van der Waals surface area contributed by atoms with Crippen molar-refractivity contribution in [1.29, 1.82) is 5.41 Å². The van der Waals surface area contributed by atoms with E-state index in [1.165, 1.54) is 6.21 Å². The number of nitrogens with zero attached hydrogens (tertiary/aromatic N) is 3. The van der Waals surface area contributed by atoms with Gasteiger partial charge in [-0.2, -0.15) is 13.2 Å². The van der Waals surface area contributed by atoms with E-state index < -0.39 is 17.6 Å². The molecule has 0 saturated carbocycles. The zero-order valence-electron chi connectivity index (χ0n) is 18.3. The molecule has 0 radical (unpaired) electrons. The summed E-state index contributed by atoms with van der Waals surface area (Å²) in [7, 11) is 1.54. The van der Waals surface area contributed by atoms with Gasteiger partial charge in [0, 0.05) is 18.2 Å². The number of nitrogens with one attached hydrogen (secondary N) is 2.